The van der Waals surface area contributed by atoms with Crippen molar-refractivity contribution in [2.45, 2.75) is 58.0 Å². The highest BCUT2D eigenvalue weighted by atomic mass is 32.2. The molecule has 6 heteroatoms. The molecule has 0 spiro atoms. The molecule has 19 heavy (non-hydrogen) atoms. The number of nitrogens with zero attached hydrogens (tertiary/aromatic N) is 2. The van der Waals surface area contributed by atoms with Gasteiger partial charge >= 0.3 is 0 Å². The lowest BCUT2D eigenvalue weighted by Crippen LogP contribution is -2.55. The van der Waals surface area contributed by atoms with Crippen molar-refractivity contribution in [1.82, 2.24) is 8.61 Å². The minimum atomic E-state index is -3.32. The topological polar surface area (TPSA) is 66.6 Å². The summed E-state index contributed by atoms with van der Waals surface area (Å²) >= 11 is 0. The molecule has 112 valence electrons. The summed E-state index contributed by atoms with van der Waals surface area (Å²) in [5.41, 5.74) is 5.71. The molecule has 2 saturated heterocycles. The molecule has 2 fully saturated rings. The molecule has 2 aliphatic rings. The van der Waals surface area contributed by atoms with Gasteiger partial charge in [-0.3, -0.25) is 0 Å². The van der Waals surface area contributed by atoms with Crippen LogP contribution in [0.15, 0.2) is 0 Å². The smallest absolute Gasteiger partial charge is 0.282 e. The average Bonchev–Trinajstić information content (AvgIpc) is 2.38. The summed E-state index contributed by atoms with van der Waals surface area (Å²) in [6.45, 7) is 5.87. The molecule has 2 aliphatic heterocycles. The second kappa shape index (κ2) is 6.08. The average molecular weight is 289 g/mol. The van der Waals surface area contributed by atoms with Crippen LogP contribution in [-0.2, 0) is 10.2 Å². The Morgan fingerprint density at radius 2 is 1.74 bits per heavy atom. The van der Waals surface area contributed by atoms with Crippen LogP contribution in [0.2, 0.25) is 0 Å². The summed E-state index contributed by atoms with van der Waals surface area (Å²) < 4.78 is 29.1. The molecule has 0 bridgehead atoms. The first-order chi connectivity index (χ1) is 8.96. The maximum atomic E-state index is 12.8. The first-order valence-corrected chi connectivity index (χ1v) is 8.85. The van der Waals surface area contributed by atoms with Gasteiger partial charge in [0.1, 0.15) is 0 Å². The lowest BCUT2D eigenvalue weighted by Gasteiger charge is -2.42. The highest BCUT2D eigenvalue weighted by Crippen LogP contribution is 2.29. The molecule has 0 aromatic heterocycles. The third-order valence-electron chi connectivity index (χ3n) is 4.52. The van der Waals surface area contributed by atoms with E-state index < -0.39 is 10.2 Å². The highest BCUT2D eigenvalue weighted by molar-refractivity contribution is 7.86. The van der Waals surface area contributed by atoms with Gasteiger partial charge in [-0.05, 0) is 52.0 Å². The minimum absolute atomic E-state index is 0.118. The lowest BCUT2D eigenvalue weighted by molar-refractivity contribution is 0.175. The predicted octanol–water partition coefficient (Wildman–Crippen LogP) is 1.16. The Hall–Kier alpha value is -0.170. The molecule has 1 unspecified atom stereocenters. The van der Waals surface area contributed by atoms with Gasteiger partial charge in [0.2, 0.25) is 0 Å². The van der Waals surface area contributed by atoms with Gasteiger partial charge in [0, 0.05) is 25.2 Å². The van der Waals surface area contributed by atoms with Crippen LogP contribution < -0.4 is 5.73 Å². The van der Waals surface area contributed by atoms with Crippen molar-refractivity contribution in [1.29, 1.82) is 0 Å². The van der Waals surface area contributed by atoms with E-state index in [0.29, 0.717) is 25.6 Å². The van der Waals surface area contributed by atoms with Gasteiger partial charge in [0.15, 0.2) is 0 Å². The largest absolute Gasteiger partial charge is 0.330 e. The van der Waals surface area contributed by atoms with Crippen LogP contribution in [0, 0.1) is 5.92 Å². The van der Waals surface area contributed by atoms with Crippen molar-refractivity contribution in [3.63, 3.8) is 0 Å². The van der Waals surface area contributed by atoms with Gasteiger partial charge in [-0.1, -0.05) is 6.42 Å². The molecule has 3 atom stereocenters. The van der Waals surface area contributed by atoms with Crippen LogP contribution in [0.25, 0.3) is 0 Å². The predicted molar refractivity (Wildman–Crippen MR) is 76.9 cm³/mol. The Labute approximate surface area is 117 Å². The molecule has 0 aliphatic carbocycles. The normalized spacial score (nSPS) is 35.4. The van der Waals surface area contributed by atoms with Gasteiger partial charge in [-0.25, -0.2) is 0 Å². The summed E-state index contributed by atoms with van der Waals surface area (Å²) in [5, 5.41) is 0. The van der Waals surface area contributed by atoms with Crippen molar-refractivity contribution in [3.8, 4) is 0 Å². The van der Waals surface area contributed by atoms with Crippen LogP contribution in [0.1, 0.15) is 46.0 Å². The first-order valence-electron chi connectivity index (χ1n) is 7.45. The second-order valence-electron chi connectivity index (χ2n) is 6.07. The Bertz CT molecular complexity index is 389. The first kappa shape index (κ1) is 15.2. The molecule has 0 aromatic rings. The zero-order valence-electron chi connectivity index (χ0n) is 12.1. The fourth-order valence-corrected chi connectivity index (χ4v) is 5.56. The van der Waals surface area contributed by atoms with E-state index in [-0.39, 0.29) is 12.1 Å². The Balaban J connectivity index is 2.16. The van der Waals surface area contributed by atoms with Crippen LogP contribution in [-0.4, -0.2) is 48.7 Å². The fraction of sp³-hybridized carbons (Fsp3) is 1.00. The highest BCUT2D eigenvalue weighted by Gasteiger charge is 2.39. The minimum Gasteiger partial charge on any atom is -0.330 e. The van der Waals surface area contributed by atoms with Gasteiger partial charge in [0.25, 0.3) is 10.2 Å². The molecule has 0 aromatic carbocycles. The maximum absolute atomic E-state index is 12.8. The lowest BCUT2D eigenvalue weighted by atomic mass is 10.0. The Kier molecular flexibility index (Phi) is 4.87. The Morgan fingerprint density at radius 3 is 2.32 bits per heavy atom. The number of hydrogen-bond acceptors (Lipinski definition) is 3. The number of rotatable bonds is 3. The Morgan fingerprint density at radius 1 is 1.11 bits per heavy atom. The van der Waals surface area contributed by atoms with E-state index in [1.165, 1.54) is 0 Å². The summed E-state index contributed by atoms with van der Waals surface area (Å²) in [6.07, 6.45) is 5.04. The quantitative estimate of drug-likeness (QED) is 0.848. The van der Waals surface area contributed by atoms with E-state index >= 15 is 0 Å². The second-order valence-corrected chi connectivity index (χ2v) is 7.90. The maximum Gasteiger partial charge on any atom is 0.282 e. The molecular weight excluding hydrogens is 262 g/mol. The monoisotopic (exact) mass is 289 g/mol. The van der Waals surface area contributed by atoms with Crippen LogP contribution >= 0.6 is 0 Å². The summed E-state index contributed by atoms with van der Waals surface area (Å²) in [5.74, 6) is 0.318. The zero-order valence-corrected chi connectivity index (χ0v) is 12.9. The molecule has 2 rings (SSSR count). The molecular formula is C13H27N3O2S. The van der Waals surface area contributed by atoms with Crippen LogP contribution in [0.5, 0.6) is 0 Å². The van der Waals surface area contributed by atoms with E-state index in [4.69, 9.17) is 5.73 Å². The van der Waals surface area contributed by atoms with Crippen molar-refractivity contribution >= 4 is 10.2 Å². The molecule has 2 N–H and O–H groups in total. The number of nitrogens with two attached hydrogens (primary N) is 1. The van der Waals surface area contributed by atoms with Crippen molar-refractivity contribution < 1.29 is 8.42 Å². The SMILES string of the molecule is C[C@@H]1CCC[C@H](C)N1S(=O)(=O)N1CCCC(CN)C1. The summed E-state index contributed by atoms with van der Waals surface area (Å²) in [7, 11) is -3.32. The molecule has 0 amide bonds. The van der Waals surface area contributed by atoms with Crippen molar-refractivity contribution in [2.75, 3.05) is 19.6 Å². The third-order valence-corrected chi connectivity index (χ3v) is 6.76. The third kappa shape index (κ3) is 3.12. The van der Waals surface area contributed by atoms with E-state index in [9.17, 15) is 8.42 Å². The number of hydrogen-bond donors (Lipinski definition) is 1. The molecule has 0 radical (unpaired) electrons. The van der Waals surface area contributed by atoms with E-state index in [2.05, 4.69) is 0 Å². The van der Waals surface area contributed by atoms with Crippen molar-refractivity contribution in [2.24, 2.45) is 11.7 Å². The van der Waals surface area contributed by atoms with E-state index in [0.717, 1.165) is 32.1 Å². The van der Waals surface area contributed by atoms with E-state index in [1.54, 1.807) is 8.61 Å². The van der Waals surface area contributed by atoms with Gasteiger partial charge in [-0.2, -0.15) is 17.0 Å². The standard InChI is InChI=1S/C13H27N3O2S/c1-11-5-3-6-12(2)16(11)19(17,18)15-8-4-7-13(9-14)10-15/h11-13H,3-10,14H2,1-2H3/t11-,12+,13?. The van der Waals surface area contributed by atoms with Gasteiger partial charge < -0.3 is 5.73 Å². The number of piperidine rings is 2. The van der Waals surface area contributed by atoms with Gasteiger partial charge in [-0.15, -0.1) is 0 Å². The molecule has 0 saturated carbocycles. The van der Waals surface area contributed by atoms with Crippen LogP contribution in [0.3, 0.4) is 0 Å². The molecule has 2 heterocycles. The van der Waals surface area contributed by atoms with E-state index in [1.807, 2.05) is 13.8 Å². The van der Waals surface area contributed by atoms with Gasteiger partial charge in [0.05, 0.1) is 0 Å². The summed E-state index contributed by atoms with van der Waals surface area (Å²) in [4.78, 5) is 0. The fourth-order valence-electron chi connectivity index (χ4n) is 3.41. The summed E-state index contributed by atoms with van der Waals surface area (Å²) in [6, 6.07) is 0.235. The van der Waals surface area contributed by atoms with Crippen molar-refractivity contribution in [3.05, 3.63) is 0 Å². The van der Waals surface area contributed by atoms with Crippen LogP contribution in [0.4, 0.5) is 0 Å². The molecule has 5 nitrogen and oxygen atoms in total. The zero-order chi connectivity index (χ0) is 14.0.